The molecular formula is C17H18Cl2FN. The van der Waals surface area contributed by atoms with Gasteiger partial charge in [-0.25, -0.2) is 4.39 Å². The van der Waals surface area contributed by atoms with E-state index in [1.54, 1.807) is 24.3 Å². The van der Waals surface area contributed by atoms with Gasteiger partial charge in [0.2, 0.25) is 0 Å². The van der Waals surface area contributed by atoms with Gasteiger partial charge in [0.05, 0.1) is 6.04 Å². The van der Waals surface area contributed by atoms with E-state index in [4.69, 9.17) is 23.2 Å². The van der Waals surface area contributed by atoms with Crippen LogP contribution in [0.2, 0.25) is 10.0 Å². The Morgan fingerprint density at radius 2 is 1.71 bits per heavy atom. The minimum atomic E-state index is -0.221. The SMILES string of the molecule is CCNC(c1cc(Cl)ccc1Cl)c1c(C)cc(F)cc1C. The van der Waals surface area contributed by atoms with Crippen LogP contribution in [-0.4, -0.2) is 6.54 Å². The molecule has 0 saturated carbocycles. The largest absolute Gasteiger partial charge is 0.306 e. The Morgan fingerprint density at radius 1 is 1.10 bits per heavy atom. The number of aryl methyl sites for hydroxylation is 2. The van der Waals surface area contributed by atoms with Crippen LogP contribution in [-0.2, 0) is 0 Å². The van der Waals surface area contributed by atoms with Gasteiger partial charge in [-0.2, -0.15) is 0 Å². The van der Waals surface area contributed by atoms with Crippen LogP contribution in [0.5, 0.6) is 0 Å². The average molecular weight is 326 g/mol. The normalized spacial score (nSPS) is 12.5. The molecule has 0 fully saturated rings. The summed E-state index contributed by atoms with van der Waals surface area (Å²) in [5, 5.41) is 4.70. The molecule has 0 amide bonds. The molecule has 0 aliphatic carbocycles. The monoisotopic (exact) mass is 325 g/mol. The van der Waals surface area contributed by atoms with Crippen molar-refractivity contribution in [1.82, 2.24) is 5.32 Å². The van der Waals surface area contributed by atoms with E-state index in [0.29, 0.717) is 10.0 Å². The van der Waals surface area contributed by atoms with E-state index in [9.17, 15) is 4.39 Å². The van der Waals surface area contributed by atoms with Crippen LogP contribution in [0.15, 0.2) is 30.3 Å². The molecule has 21 heavy (non-hydrogen) atoms. The molecule has 0 aromatic heterocycles. The first kappa shape index (κ1) is 16.3. The number of benzene rings is 2. The van der Waals surface area contributed by atoms with Crippen molar-refractivity contribution in [2.24, 2.45) is 0 Å². The van der Waals surface area contributed by atoms with Crippen molar-refractivity contribution < 1.29 is 4.39 Å². The van der Waals surface area contributed by atoms with Gasteiger partial charge in [-0.1, -0.05) is 30.1 Å². The molecule has 0 spiro atoms. The molecule has 4 heteroatoms. The van der Waals surface area contributed by atoms with Crippen molar-refractivity contribution >= 4 is 23.2 Å². The van der Waals surface area contributed by atoms with Crippen molar-refractivity contribution in [2.75, 3.05) is 6.54 Å². The predicted molar refractivity (Wildman–Crippen MR) is 87.9 cm³/mol. The van der Waals surface area contributed by atoms with Crippen molar-refractivity contribution in [3.05, 3.63) is 68.4 Å². The highest BCUT2D eigenvalue weighted by Gasteiger charge is 2.20. The minimum Gasteiger partial charge on any atom is -0.306 e. The van der Waals surface area contributed by atoms with Crippen molar-refractivity contribution in [3.8, 4) is 0 Å². The topological polar surface area (TPSA) is 12.0 Å². The molecule has 0 aliphatic heterocycles. The molecule has 2 aromatic carbocycles. The predicted octanol–water partition coefficient (Wildman–Crippen LogP) is 5.45. The zero-order chi connectivity index (χ0) is 15.6. The fourth-order valence-electron chi connectivity index (χ4n) is 2.68. The maximum atomic E-state index is 13.5. The third-order valence-corrected chi connectivity index (χ3v) is 4.10. The van der Waals surface area contributed by atoms with Gasteiger partial charge >= 0.3 is 0 Å². The lowest BCUT2D eigenvalue weighted by Gasteiger charge is -2.24. The number of hydrogen-bond acceptors (Lipinski definition) is 1. The lowest BCUT2D eigenvalue weighted by atomic mass is 9.91. The quantitative estimate of drug-likeness (QED) is 0.788. The Hall–Kier alpha value is -1.09. The van der Waals surface area contributed by atoms with Crippen molar-refractivity contribution in [3.63, 3.8) is 0 Å². The van der Waals surface area contributed by atoms with Gasteiger partial charge in [0, 0.05) is 10.0 Å². The molecule has 2 rings (SSSR count). The van der Waals surface area contributed by atoms with Gasteiger partial charge in [0.25, 0.3) is 0 Å². The van der Waals surface area contributed by atoms with Gasteiger partial charge in [0.15, 0.2) is 0 Å². The first-order chi connectivity index (χ1) is 9.93. The lowest BCUT2D eigenvalue weighted by Crippen LogP contribution is -2.24. The molecule has 0 heterocycles. The Balaban J connectivity index is 2.61. The van der Waals surface area contributed by atoms with E-state index in [2.05, 4.69) is 5.32 Å². The van der Waals surface area contributed by atoms with E-state index < -0.39 is 0 Å². The zero-order valence-corrected chi connectivity index (χ0v) is 13.8. The first-order valence-electron chi connectivity index (χ1n) is 6.89. The first-order valence-corrected chi connectivity index (χ1v) is 7.64. The summed E-state index contributed by atoms with van der Waals surface area (Å²) >= 11 is 12.4. The number of nitrogens with one attached hydrogen (secondary N) is 1. The van der Waals surface area contributed by atoms with Gasteiger partial charge < -0.3 is 5.32 Å². The number of rotatable bonds is 4. The third-order valence-electron chi connectivity index (χ3n) is 3.52. The lowest BCUT2D eigenvalue weighted by molar-refractivity contribution is 0.606. The molecule has 112 valence electrons. The van der Waals surface area contributed by atoms with Crippen molar-refractivity contribution in [1.29, 1.82) is 0 Å². The van der Waals surface area contributed by atoms with Crippen LogP contribution >= 0.6 is 23.2 Å². The zero-order valence-electron chi connectivity index (χ0n) is 12.3. The fourth-order valence-corrected chi connectivity index (χ4v) is 3.09. The van der Waals surface area contributed by atoms with E-state index in [1.807, 2.05) is 26.8 Å². The molecule has 1 nitrogen and oxygen atoms in total. The van der Waals surface area contributed by atoms with Crippen LogP contribution in [0.3, 0.4) is 0 Å². The number of halogens is 3. The van der Waals surface area contributed by atoms with Crippen LogP contribution in [0.25, 0.3) is 0 Å². The minimum absolute atomic E-state index is 0.109. The highest BCUT2D eigenvalue weighted by molar-refractivity contribution is 6.33. The molecule has 0 saturated heterocycles. The molecule has 0 bridgehead atoms. The highest BCUT2D eigenvalue weighted by atomic mass is 35.5. The maximum absolute atomic E-state index is 13.5. The summed E-state index contributed by atoms with van der Waals surface area (Å²) in [4.78, 5) is 0. The van der Waals surface area contributed by atoms with Gasteiger partial charge in [-0.05, 0) is 73.0 Å². The summed E-state index contributed by atoms with van der Waals surface area (Å²) in [6.07, 6.45) is 0. The fraction of sp³-hybridized carbons (Fsp3) is 0.294. The second-order valence-electron chi connectivity index (χ2n) is 5.11. The van der Waals surface area contributed by atoms with E-state index >= 15 is 0 Å². The highest BCUT2D eigenvalue weighted by Crippen LogP contribution is 2.34. The Morgan fingerprint density at radius 3 is 2.29 bits per heavy atom. The summed E-state index contributed by atoms with van der Waals surface area (Å²) in [7, 11) is 0. The Labute approximate surface area is 135 Å². The van der Waals surface area contributed by atoms with E-state index in [1.165, 1.54) is 0 Å². The molecule has 1 N–H and O–H groups in total. The third kappa shape index (κ3) is 3.57. The summed E-state index contributed by atoms with van der Waals surface area (Å²) in [6, 6.07) is 8.40. The summed E-state index contributed by atoms with van der Waals surface area (Å²) in [5.41, 5.74) is 3.75. The summed E-state index contributed by atoms with van der Waals surface area (Å²) < 4.78 is 13.5. The maximum Gasteiger partial charge on any atom is 0.123 e. The summed E-state index contributed by atoms with van der Waals surface area (Å²) in [5.74, 6) is -0.221. The molecule has 0 radical (unpaired) electrons. The molecule has 1 atom stereocenters. The Bertz CT molecular complexity index is 632. The van der Waals surface area contributed by atoms with Crippen molar-refractivity contribution in [2.45, 2.75) is 26.8 Å². The van der Waals surface area contributed by atoms with Crippen LogP contribution in [0.4, 0.5) is 4.39 Å². The standard InChI is InChI=1S/C17H18Cl2FN/c1-4-21-17(14-9-12(18)5-6-15(14)19)16-10(2)7-13(20)8-11(16)3/h5-9,17,21H,4H2,1-3H3. The molecule has 0 aliphatic rings. The van der Waals surface area contributed by atoms with E-state index in [0.717, 1.165) is 28.8 Å². The number of hydrogen-bond donors (Lipinski definition) is 1. The Kier molecular flexibility index (Phi) is 5.26. The van der Waals surface area contributed by atoms with Gasteiger partial charge in [0.1, 0.15) is 5.82 Å². The molecule has 2 aromatic rings. The average Bonchev–Trinajstić information content (AvgIpc) is 2.39. The molecular weight excluding hydrogens is 308 g/mol. The van der Waals surface area contributed by atoms with Gasteiger partial charge in [-0.15, -0.1) is 0 Å². The van der Waals surface area contributed by atoms with Gasteiger partial charge in [-0.3, -0.25) is 0 Å². The second kappa shape index (κ2) is 6.78. The van der Waals surface area contributed by atoms with Crippen LogP contribution < -0.4 is 5.32 Å². The van der Waals surface area contributed by atoms with Crippen LogP contribution in [0, 0.1) is 19.7 Å². The molecule has 1 unspecified atom stereocenters. The summed E-state index contributed by atoms with van der Waals surface area (Å²) in [6.45, 7) is 6.62. The smallest absolute Gasteiger partial charge is 0.123 e. The second-order valence-corrected chi connectivity index (χ2v) is 5.95. The van der Waals surface area contributed by atoms with E-state index in [-0.39, 0.29) is 11.9 Å². The van der Waals surface area contributed by atoms with Crippen LogP contribution in [0.1, 0.15) is 35.2 Å².